The van der Waals surface area contributed by atoms with Gasteiger partial charge >= 0.3 is 0 Å². The third-order valence-electron chi connectivity index (χ3n) is 5.35. The molecule has 0 saturated heterocycles. The number of rotatable bonds is 6. The van der Waals surface area contributed by atoms with Crippen molar-refractivity contribution in [1.82, 2.24) is 0 Å². The van der Waals surface area contributed by atoms with Gasteiger partial charge in [0.2, 0.25) is 5.91 Å². The molecule has 0 radical (unpaired) electrons. The number of aromatic hydroxyl groups is 1. The van der Waals surface area contributed by atoms with E-state index in [2.05, 4.69) is 51.2 Å². The lowest BCUT2D eigenvalue weighted by molar-refractivity contribution is -0.111. The van der Waals surface area contributed by atoms with Crippen LogP contribution in [0.25, 0.3) is 0 Å². The zero-order valence-electron chi connectivity index (χ0n) is 18.6. The molecule has 1 aromatic rings. The van der Waals surface area contributed by atoms with Crippen LogP contribution in [0.2, 0.25) is 0 Å². The maximum absolute atomic E-state index is 12.2. The summed E-state index contributed by atoms with van der Waals surface area (Å²) in [5, 5.41) is 12.4. The number of nitrogens with one attached hydrogen (secondary N) is 1. The molecule has 1 aliphatic carbocycles. The number of carbonyl (C=O) groups is 1. The summed E-state index contributed by atoms with van der Waals surface area (Å²) in [6.45, 7) is 10.9. The first-order valence-corrected chi connectivity index (χ1v) is 11.4. The molecule has 0 spiro atoms. The molecule has 0 fully saturated rings. The van der Waals surface area contributed by atoms with Crippen LogP contribution in [-0.2, 0) is 4.79 Å². The summed E-state index contributed by atoms with van der Waals surface area (Å²) in [4.78, 5) is 12.2. The monoisotopic (exact) mass is 517 g/mol. The van der Waals surface area contributed by atoms with Gasteiger partial charge < -0.3 is 10.4 Å². The SMILES string of the molecule is CC1=C(/C=C/C(C)=C/C=C/C(C)=C/C(=O)Nc2ccc(O)c(I)c2)C(C)(C)CCC1. The summed E-state index contributed by atoms with van der Waals surface area (Å²) in [7, 11) is 0. The second kappa shape index (κ2) is 10.8. The molecule has 0 aromatic heterocycles. The van der Waals surface area contributed by atoms with Crippen LogP contribution in [0.1, 0.15) is 53.9 Å². The lowest BCUT2D eigenvalue weighted by Gasteiger charge is -2.32. The zero-order valence-corrected chi connectivity index (χ0v) is 20.7. The van der Waals surface area contributed by atoms with Gasteiger partial charge in [0.05, 0.1) is 3.57 Å². The quantitative estimate of drug-likeness (QED) is 0.178. The van der Waals surface area contributed by atoms with Gasteiger partial charge in [-0.15, -0.1) is 0 Å². The Kier molecular flexibility index (Phi) is 8.71. The summed E-state index contributed by atoms with van der Waals surface area (Å²) in [5.74, 6) is 0.0131. The summed E-state index contributed by atoms with van der Waals surface area (Å²) in [6, 6.07) is 4.98. The third-order valence-corrected chi connectivity index (χ3v) is 6.21. The standard InChI is InChI=1S/C26H32INO2/c1-18(11-13-22-20(3)10-7-15-26(22,4)5)8-6-9-19(2)16-25(30)28-21-12-14-24(29)23(27)17-21/h6,8-9,11-14,16-17,29H,7,10,15H2,1-5H3,(H,28,30)/b9-6+,13-11+,18-8+,19-16+. The molecular formula is C26H32INO2. The first-order valence-electron chi connectivity index (χ1n) is 10.3. The predicted octanol–water partition coefficient (Wildman–Crippen LogP) is 7.47. The fourth-order valence-corrected chi connectivity index (χ4v) is 4.17. The van der Waals surface area contributed by atoms with Gasteiger partial charge in [0.25, 0.3) is 0 Å². The highest BCUT2D eigenvalue weighted by Gasteiger charge is 2.26. The van der Waals surface area contributed by atoms with Crippen molar-refractivity contribution in [1.29, 1.82) is 0 Å². The number of halogens is 1. The van der Waals surface area contributed by atoms with E-state index in [1.165, 1.54) is 36.0 Å². The summed E-state index contributed by atoms with van der Waals surface area (Å²) in [5.41, 5.74) is 5.90. The van der Waals surface area contributed by atoms with Gasteiger partial charge in [0.1, 0.15) is 5.75 Å². The number of anilines is 1. The highest BCUT2D eigenvalue weighted by atomic mass is 127. The van der Waals surface area contributed by atoms with Crippen molar-refractivity contribution in [3.63, 3.8) is 0 Å². The minimum absolute atomic E-state index is 0.193. The lowest BCUT2D eigenvalue weighted by Crippen LogP contribution is -2.19. The normalized spacial score (nSPS) is 17.8. The Morgan fingerprint density at radius 1 is 1.20 bits per heavy atom. The number of hydrogen-bond donors (Lipinski definition) is 2. The topological polar surface area (TPSA) is 49.3 Å². The van der Waals surface area contributed by atoms with E-state index in [1.54, 1.807) is 24.3 Å². The number of amides is 1. The smallest absolute Gasteiger partial charge is 0.248 e. The van der Waals surface area contributed by atoms with E-state index in [0.717, 1.165) is 5.57 Å². The van der Waals surface area contributed by atoms with E-state index >= 15 is 0 Å². The average Bonchev–Trinajstić information content (AvgIpc) is 2.63. The molecule has 2 N–H and O–H groups in total. The molecule has 3 nitrogen and oxygen atoms in total. The van der Waals surface area contributed by atoms with Gasteiger partial charge in [0, 0.05) is 11.8 Å². The lowest BCUT2D eigenvalue weighted by atomic mass is 9.72. The highest BCUT2D eigenvalue weighted by molar-refractivity contribution is 14.1. The Morgan fingerprint density at radius 2 is 1.93 bits per heavy atom. The molecular weight excluding hydrogens is 485 g/mol. The molecule has 30 heavy (non-hydrogen) atoms. The Hall–Kier alpha value is -2.08. The molecule has 1 aromatic carbocycles. The first kappa shape index (κ1) is 24.2. The van der Waals surface area contributed by atoms with Gasteiger partial charge in [-0.3, -0.25) is 4.79 Å². The van der Waals surface area contributed by atoms with E-state index in [-0.39, 0.29) is 17.1 Å². The van der Waals surface area contributed by atoms with Crippen LogP contribution in [0.5, 0.6) is 5.75 Å². The summed E-state index contributed by atoms with van der Waals surface area (Å²) in [6.07, 6.45) is 15.7. The van der Waals surface area contributed by atoms with Gasteiger partial charge in [0.15, 0.2) is 0 Å². The maximum atomic E-state index is 12.2. The van der Waals surface area contributed by atoms with E-state index in [4.69, 9.17) is 0 Å². The van der Waals surface area contributed by atoms with Crippen LogP contribution < -0.4 is 5.32 Å². The van der Waals surface area contributed by atoms with E-state index < -0.39 is 0 Å². The van der Waals surface area contributed by atoms with Crippen LogP contribution in [0.3, 0.4) is 0 Å². The molecule has 0 heterocycles. The molecule has 0 unspecified atom stereocenters. The van der Waals surface area contributed by atoms with E-state index in [0.29, 0.717) is 9.26 Å². The highest BCUT2D eigenvalue weighted by Crippen LogP contribution is 2.40. The van der Waals surface area contributed by atoms with Gasteiger partial charge in [-0.05, 0) is 97.4 Å². The van der Waals surface area contributed by atoms with Gasteiger partial charge in [-0.25, -0.2) is 0 Å². The zero-order chi connectivity index (χ0) is 22.3. The third kappa shape index (κ3) is 7.31. The summed E-state index contributed by atoms with van der Waals surface area (Å²) >= 11 is 2.03. The molecule has 160 valence electrons. The van der Waals surface area contributed by atoms with Crippen LogP contribution in [0.4, 0.5) is 5.69 Å². The van der Waals surface area contributed by atoms with E-state index in [1.807, 2.05) is 41.7 Å². The average molecular weight is 517 g/mol. The van der Waals surface area contributed by atoms with Crippen molar-refractivity contribution in [2.75, 3.05) is 5.32 Å². The number of allylic oxidation sites excluding steroid dienone is 9. The van der Waals surface area contributed by atoms with Crippen molar-refractivity contribution in [2.24, 2.45) is 5.41 Å². The molecule has 0 saturated carbocycles. The fourth-order valence-electron chi connectivity index (χ4n) is 3.65. The Balaban J connectivity index is 1.97. The number of phenolic OH excluding ortho intramolecular Hbond substituents is 1. The van der Waals surface area contributed by atoms with Crippen molar-refractivity contribution in [3.05, 3.63) is 80.5 Å². The predicted molar refractivity (Wildman–Crippen MR) is 136 cm³/mol. The minimum Gasteiger partial charge on any atom is -0.507 e. The molecule has 2 rings (SSSR count). The van der Waals surface area contributed by atoms with E-state index in [9.17, 15) is 9.90 Å². The fraction of sp³-hybridized carbons (Fsp3) is 0.346. The van der Waals surface area contributed by atoms with Gasteiger partial charge in [-0.1, -0.05) is 55.4 Å². The Labute approximate surface area is 194 Å². The number of phenols is 1. The van der Waals surface area contributed by atoms with Crippen molar-refractivity contribution in [3.8, 4) is 5.75 Å². The second-order valence-corrected chi connectivity index (χ2v) is 9.74. The van der Waals surface area contributed by atoms with Crippen LogP contribution in [0, 0.1) is 8.99 Å². The molecule has 0 bridgehead atoms. The molecule has 0 atom stereocenters. The maximum Gasteiger partial charge on any atom is 0.248 e. The van der Waals surface area contributed by atoms with Crippen molar-refractivity contribution < 1.29 is 9.90 Å². The molecule has 4 heteroatoms. The molecule has 1 amide bonds. The first-order chi connectivity index (χ1) is 14.1. The van der Waals surface area contributed by atoms with Crippen LogP contribution in [0.15, 0.2) is 76.9 Å². The summed E-state index contributed by atoms with van der Waals surface area (Å²) < 4.78 is 0.697. The number of carbonyl (C=O) groups excluding carboxylic acids is 1. The Bertz CT molecular complexity index is 946. The van der Waals surface area contributed by atoms with Crippen LogP contribution in [-0.4, -0.2) is 11.0 Å². The minimum atomic E-state index is -0.193. The number of benzene rings is 1. The van der Waals surface area contributed by atoms with Crippen molar-refractivity contribution in [2.45, 2.75) is 53.9 Å². The van der Waals surface area contributed by atoms with Crippen molar-refractivity contribution >= 4 is 34.2 Å². The molecule has 0 aliphatic heterocycles. The number of hydrogen-bond acceptors (Lipinski definition) is 2. The van der Waals surface area contributed by atoms with Gasteiger partial charge in [-0.2, -0.15) is 0 Å². The Morgan fingerprint density at radius 3 is 2.60 bits per heavy atom. The molecule has 1 aliphatic rings. The van der Waals surface area contributed by atoms with Crippen LogP contribution >= 0.6 is 22.6 Å². The largest absolute Gasteiger partial charge is 0.507 e. The second-order valence-electron chi connectivity index (χ2n) is 8.58.